The van der Waals surface area contributed by atoms with E-state index in [9.17, 15) is 13.2 Å². The first kappa shape index (κ1) is 19.8. The third kappa shape index (κ3) is 5.01. The van der Waals surface area contributed by atoms with Crippen LogP contribution in [0.15, 0.2) is 41.4 Å². The van der Waals surface area contributed by atoms with Crippen LogP contribution in [0.5, 0.6) is 0 Å². The fourth-order valence-electron chi connectivity index (χ4n) is 2.22. The Labute approximate surface area is 154 Å². The molecule has 0 fully saturated rings. The van der Waals surface area contributed by atoms with Gasteiger partial charge in [-0.05, 0) is 37.6 Å². The number of anilines is 1. The second-order valence-electron chi connectivity index (χ2n) is 6.42. The van der Waals surface area contributed by atoms with Gasteiger partial charge in [0, 0.05) is 20.3 Å². The average molecular weight is 376 g/mol. The van der Waals surface area contributed by atoms with E-state index >= 15 is 0 Å². The number of amides is 1. The van der Waals surface area contributed by atoms with Gasteiger partial charge in [-0.1, -0.05) is 12.1 Å². The molecule has 0 radical (unpaired) electrons. The van der Waals surface area contributed by atoms with Crippen molar-refractivity contribution in [2.24, 2.45) is 0 Å². The molecule has 1 aromatic carbocycles. The second kappa shape index (κ2) is 8.27. The summed E-state index contributed by atoms with van der Waals surface area (Å²) in [6.45, 7) is 3.52. The Bertz CT molecular complexity index is 862. The molecule has 2 aromatic rings. The van der Waals surface area contributed by atoms with Crippen LogP contribution < -0.4 is 10.2 Å². The summed E-state index contributed by atoms with van der Waals surface area (Å²) in [5.74, 6) is 1.12. The molecule has 2 rings (SSSR count). The van der Waals surface area contributed by atoms with Crippen LogP contribution in [-0.2, 0) is 27.6 Å². The van der Waals surface area contributed by atoms with E-state index in [0.717, 1.165) is 11.4 Å². The van der Waals surface area contributed by atoms with E-state index in [0.29, 0.717) is 5.82 Å². The van der Waals surface area contributed by atoms with Gasteiger partial charge < -0.3 is 10.2 Å². The van der Waals surface area contributed by atoms with Crippen LogP contribution >= 0.6 is 0 Å². The number of sulfone groups is 1. The van der Waals surface area contributed by atoms with Crippen LogP contribution in [0.3, 0.4) is 0 Å². The molecule has 0 unspecified atom stereocenters. The molecule has 0 saturated heterocycles. The molecule has 1 heterocycles. The minimum absolute atomic E-state index is 0.162. The van der Waals surface area contributed by atoms with Crippen molar-refractivity contribution in [3.63, 3.8) is 0 Å². The Morgan fingerprint density at radius 3 is 2.38 bits per heavy atom. The summed E-state index contributed by atoms with van der Waals surface area (Å²) >= 11 is 0. The molecular weight excluding hydrogens is 352 g/mol. The van der Waals surface area contributed by atoms with Crippen LogP contribution in [0.1, 0.15) is 25.2 Å². The smallest absolute Gasteiger partial charge is 0.224 e. The van der Waals surface area contributed by atoms with Crippen LogP contribution in [0.4, 0.5) is 5.82 Å². The lowest BCUT2D eigenvalue weighted by Crippen LogP contribution is -2.26. The highest BCUT2D eigenvalue weighted by Crippen LogP contribution is 2.16. The third-order valence-electron chi connectivity index (χ3n) is 3.83. The van der Waals surface area contributed by atoms with Gasteiger partial charge in [-0.15, -0.1) is 0 Å². The first-order valence-corrected chi connectivity index (χ1v) is 9.83. The lowest BCUT2D eigenvalue weighted by atomic mass is 10.1. The largest absolute Gasteiger partial charge is 0.363 e. The number of carbonyl (C=O) groups excluding carboxylic acids is 1. The van der Waals surface area contributed by atoms with Crippen LogP contribution in [0, 0.1) is 0 Å². The standard InChI is InChI=1S/C18H24N4O3S/c1-13(2)26(24,25)15-7-5-14(6-8-15)11-18(23)20-12-16-19-10-9-17(21-16)22(3)4/h5-10,13H,11-12H2,1-4H3,(H,20,23). The Morgan fingerprint density at radius 2 is 1.81 bits per heavy atom. The quantitative estimate of drug-likeness (QED) is 0.789. The summed E-state index contributed by atoms with van der Waals surface area (Å²) in [6, 6.07) is 8.21. The summed E-state index contributed by atoms with van der Waals surface area (Å²) in [6.07, 6.45) is 1.81. The van der Waals surface area contributed by atoms with E-state index < -0.39 is 15.1 Å². The lowest BCUT2D eigenvalue weighted by Gasteiger charge is -2.12. The molecule has 7 nitrogen and oxygen atoms in total. The summed E-state index contributed by atoms with van der Waals surface area (Å²) in [5, 5.41) is 2.30. The van der Waals surface area contributed by atoms with Gasteiger partial charge in [0.1, 0.15) is 11.6 Å². The minimum atomic E-state index is -3.30. The first-order valence-electron chi connectivity index (χ1n) is 8.29. The van der Waals surface area contributed by atoms with Crippen molar-refractivity contribution in [2.75, 3.05) is 19.0 Å². The molecular formula is C18H24N4O3S. The van der Waals surface area contributed by atoms with Crippen LogP contribution in [0.25, 0.3) is 0 Å². The normalized spacial score (nSPS) is 11.4. The molecule has 0 atom stereocenters. The third-order valence-corrected chi connectivity index (χ3v) is 6.00. The maximum absolute atomic E-state index is 12.1. The lowest BCUT2D eigenvalue weighted by molar-refractivity contribution is -0.120. The molecule has 0 aliphatic carbocycles. The Morgan fingerprint density at radius 1 is 1.15 bits per heavy atom. The average Bonchev–Trinajstić information content (AvgIpc) is 2.60. The molecule has 0 aliphatic heterocycles. The van der Waals surface area contributed by atoms with Crippen molar-refractivity contribution in [1.82, 2.24) is 15.3 Å². The maximum Gasteiger partial charge on any atom is 0.224 e. The van der Waals surface area contributed by atoms with E-state index in [-0.39, 0.29) is 23.8 Å². The van der Waals surface area contributed by atoms with Crippen molar-refractivity contribution in [2.45, 2.75) is 37.0 Å². The van der Waals surface area contributed by atoms with Gasteiger partial charge in [0.05, 0.1) is 23.1 Å². The number of nitrogens with one attached hydrogen (secondary N) is 1. The van der Waals surface area contributed by atoms with Crippen molar-refractivity contribution >= 4 is 21.6 Å². The Hall–Kier alpha value is -2.48. The Kier molecular flexibility index (Phi) is 6.31. The summed E-state index contributed by atoms with van der Waals surface area (Å²) in [7, 11) is 0.465. The number of carbonyl (C=O) groups is 1. The van der Waals surface area contributed by atoms with Crippen LogP contribution in [-0.4, -0.2) is 43.6 Å². The maximum atomic E-state index is 12.1. The molecule has 0 saturated carbocycles. The van der Waals surface area contributed by atoms with Gasteiger partial charge in [0.25, 0.3) is 0 Å². The molecule has 1 aromatic heterocycles. The number of benzene rings is 1. The fraction of sp³-hybridized carbons (Fsp3) is 0.389. The predicted molar refractivity (Wildman–Crippen MR) is 101 cm³/mol. The van der Waals surface area contributed by atoms with Gasteiger partial charge in [-0.2, -0.15) is 0 Å². The predicted octanol–water partition coefficient (Wildman–Crippen LogP) is 1.58. The number of rotatable bonds is 7. The molecule has 0 spiro atoms. The van der Waals surface area contributed by atoms with Gasteiger partial charge >= 0.3 is 0 Å². The number of hydrogen-bond acceptors (Lipinski definition) is 6. The summed E-state index contributed by atoms with van der Waals surface area (Å²) in [5.41, 5.74) is 0.744. The van der Waals surface area contributed by atoms with E-state index in [1.807, 2.05) is 19.0 Å². The highest BCUT2D eigenvalue weighted by molar-refractivity contribution is 7.92. The molecule has 0 bridgehead atoms. The number of aromatic nitrogens is 2. The minimum Gasteiger partial charge on any atom is -0.363 e. The fourth-order valence-corrected chi connectivity index (χ4v) is 3.28. The zero-order valence-electron chi connectivity index (χ0n) is 15.4. The second-order valence-corrected chi connectivity index (χ2v) is 8.92. The Balaban J connectivity index is 1.95. The zero-order valence-corrected chi connectivity index (χ0v) is 16.2. The van der Waals surface area contributed by atoms with Crippen molar-refractivity contribution in [1.29, 1.82) is 0 Å². The van der Waals surface area contributed by atoms with Crippen LogP contribution in [0.2, 0.25) is 0 Å². The summed E-state index contributed by atoms with van der Waals surface area (Å²) in [4.78, 5) is 22.7. The van der Waals surface area contributed by atoms with Crippen molar-refractivity contribution in [3.05, 3.63) is 47.9 Å². The number of hydrogen-bond donors (Lipinski definition) is 1. The first-order chi connectivity index (χ1) is 12.2. The molecule has 140 valence electrons. The van der Waals surface area contributed by atoms with E-state index in [2.05, 4.69) is 15.3 Å². The van der Waals surface area contributed by atoms with Gasteiger partial charge in [-0.3, -0.25) is 4.79 Å². The number of nitrogens with zero attached hydrogens (tertiary/aromatic N) is 3. The molecule has 1 N–H and O–H groups in total. The topological polar surface area (TPSA) is 92.3 Å². The summed E-state index contributed by atoms with van der Waals surface area (Å²) < 4.78 is 24.2. The van der Waals surface area contributed by atoms with Crippen molar-refractivity contribution < 1.29 is 13.2 Å². The van der Waals surface area contributed by atoms with E-state index in [4.69, 9.17) is 0 Å². The molecule has 26 heavy (non-hydrogen) atoms. The monoisotopic (exact) mass is 376 g/mol. The highest BCUT2D eigenvalue weighted by atomic mass is 32.2. The van der Waals surface area contributed by atoms with Gasteiger partial charge in [0.15, 0.2) is 9.84 Å². The van der Waals surface area contributed by atoms with Gasteiger partial charge in [0.2, 0.25) is 5.91 Å². The molecule has 0 aliphatic rings. The van der Waals surface area contributed by atoms with E-state index in [1.165, 1.54) is 0 Å². The highest BCUT2D eigenvalue weighted by Gasteiger charge is 2.18. The van der Waals surface area contributed by atoms with Gasteiger partial charge in [-0.25, -0.2) is 18.4 Å². The zero-order chi connectivity index (χ0) is 19.3. The van der Waals surface area contributed by atoms with E-state index in [1.54, 1.807) is 50.4 Å². The SMILES string of the molecule is CC(C)S(=O)(=O)c1ccc(CC(=O)NCc2nccc(N(C)C)n2)cc1. The molecule has 8 heteroatoms. The van der Waals surface area contributed by atoms with Crippen molar-refractivity contribution in [3.8, 4) is 0 Å². The molecule has 1 amide bonds.